The molecule has 18 heavy (non-hydrogen) atoms. The summed E-state index contributed by atoms with van der Waals surface area (Å²) in [7, 11) is 0. The van der Waals surface area contributed by atoms with Gasteiger partial charge in [-0.05, 0) is 18.2 Å². The Labute approximate surface area is 104 Å². The van der Waals surface area contributed by atoms with Crippen LogP contribution in [-0.4, -0.2) is 27.2 Å². The summed E-state index contributed by atoms with van der Waals surface area (Å²) in [6, 6.07) is 10.8. The monoisotopic (exact) mass is 247 g/mol. The van der Waals surface area contributed by atoms with Crippen LogP contribution >= 0.6 is 0 Å². The molecule has 1 heterocycles. The van der Waals surface area contributed by atoms with Crippen molar-refractivity contribution >= 4 is 17.6 Å². The number of carbonyl (C=O) groups is 2. The zero-order valence-electron chi connectivity index (χ0n) is 9.75. The van der Waals surface area contributed by atoms with E-state index in [9.17, 15) is 9.59 Å². The minimum absolute atomic E-state index is 0.0359. The predicted octanol–water partition coefficient (Wildman–Crippen LogP) is 1.75. The molecule has 6 heteroatoms. The fourth-order valence-corrected chi connectivity index (χ4v) is 1.10. The molecule has 3 N–H and O–H groups in total. The van der Waals surface area contributed by atoms with Crippen molar-refractivity contribution in [3.05, 3.63) is 48.3 Å². The van der Waals surface area contributed by atoms with Gasteiger partial charge in [0.25, 0.3) is 0 Å². The van der Waals surface area contributed by atoms with Gasteiger partial charge >= 0.3 is 5.97 Å². The van der Waals surface area contributed by atoms with Crippen molar-refractivity contribution in [3.8, 4) is 0 Å². The summed E-state index contributed by atoms with van der Waals surface area (Å²) in [5, 5.41) is 16.6. The van der Waals surface area contributed by atoms with Crippen LogP contribution < -0.4 is 5.32 Å². The molecule has 1 amide bonds. The quantitative estimate of drug-likeness (QED) is 0.753. The molecular weight excluding hydrogens is 234 g/mol. The Balaban J connectivity index is 0.000000184. The van der Waals surface area contributed by atoms with Crippen LogP contribution in [0.4, 0.5) is 5.69 Å². The molecule has 94 valence electrons. The van der Waals surface area contributed by atoms with Gasteiger partial charge in [0, 0.05) is 18.8 Å². The van der Waals surface area contributed by atoms with E-state index in [2.05, 4.69) is 15.5 Å². The topological polar surface area (TPSA) is 95.1 Å². The van der Waals surface area contributed by atoms with E-state index in [-0.39, 0.29) is 11.6 Å². The first-order valence-corrected chi connectivity index (χ1v) is 5.15. The fraction of sp³-hybridized carbons (Fsp3) is 0.0833. The van der Waals surface area contributed by atoms with Crippen molar-refractivity contribution < 1.29 is 14.7 Å². The van der Waals surface area contributed by atoms with Crippen LogP contribution in [0.2, 0.25) is 0 Å². The third kappa shape index (κ3) is 4.93. The van der Waals surface area contributed by atoms with Crippen molar-refractivity contribution in [3.63, 3.8) is 0 Å². The van der Waals surface area contributed by atoms with Crippen LogP contribution in [0.5, 0.6) is 0 Å². The second kappa shape index (κ2) is 6.85. The number of carboxylic acid groups (broad SMARTS) is 1. The highest BCUT2D eigenvalue weighted by atomic mass is 16.4. The number of carboxylic acids is 1. The third-order valence-electron chi connectivity index (χ3n) is 1.81. The van der Waals surface area contributed by atoms with E-state index >= 15 is 0 Å². The third-order valence-corrected chi connectivity index (χ3v) is 1.81. The second-order valence-electron chi connectivity index (χ2n) is 3.31. The number of hydrogen-bond donors (Lipinski definition) is 3. The summed E-state index contributed by atoms with van der Waals surface area (Å²) in [6.07, 6.45) is 1.46. The van der Waals surface area contributed by atoms with Crippen LogP contribution in [-0.2, 0) is 4.79 Å². The number of nitrogens with one attached hydrogen (secondary N) is 2. The number of hydrogen-bond acceptors (Lipinski definition) is 3. The van der Waals surface area contributed by atoms with Gasteiger partial charge in [0.1, 0.15) is 0 Å². The van der Waals surface area contributed by atoms with Crippen LogP contribution in [0.1, 0.15) is 17.4 Å². The number of aromatic nitrogens is 2. The van der Waals surface area contributed by atoms with Gasteiger partial charge in [-0.15, -0.1) is 0 Å². The summed E-state index contributed by atoms with van der Waals surface area (Å²) in [6.45, 7) is 1.49. The first kappa shape index (κ1) is 13.4. The van der Waals surface area contributed by atoms with Gasteiger partial charge in [-0.2, -0.15) is 5.10 Å². The number of anilines is 1. The Hall–Kier alpha value is -2.63. The van der Waals surface area contributed by atoms with E-state index in [1.807, 2.05) is 30.3 Å². The number of carbonyl (C=O) groups excluding carboxylic acids is 1. The van der Waals surface area contributed by atoms with E-state index in [0.29, 0.717) is 0 Å². The molecule has 0 aliphatic rings. The lowest BCUT2D eigenvalue weighted by atomic mass is 10.3. The lowest BCUT2D eigenvalue weighted by Crippen LogP contribution is -2.04. The normalized spacial score (nSPS) is 8.94. The highest BCUT2D eigenvalue weighted by molar-refractivity contribution is 5.88. The average molecular weight is 247 g/mol. The second-order valence-corrected chi connectivity index (χ2v) is 3.31. The Morgan fingerprint density at radius 3 is 2.28 bits per heavy atom. The summed E-state index contributed by atoms with van der Waals surface area (Å²) in [4.78, 5) is 20.5. The maximum Gasteiger partial charge on any atom is 0.356 e. The Bertz CT molecular complexity index is 495. The molecule has 0 aliphatic heterocycles. The fourth-order valence-electron chi connectivity index (χ4n) is 1.10. The molecule has 2 rings (SSSR count). The highest BCUT2D eigenvalue weighted by Gasteiger charge is 2.00. The van der Waals surface area contributed by atoms with Crippen molar-refractivity contribution in [2.75, 3.05) is 5.32 Å². The smallest absolute Gasteiger partial charge is 0.356 e. The molecule has 0 saturated heterocycles. The average Bonchev–Trinajstić information content (AvgIpc) is 2.84. The van der Waals surface area contributed by atoms with E-state index in [1.165, 1.54) is 19.2 Å². The van der Waals surface area contributed by atoms with Gasteiger partial charge in [0.2, 0.25) is 5.91 Å². The minimum Gasteiger partial charge on any atom is -0.476 e. The molecule has 0 aliphatic carbocycles. The summed E-state index contributed by atoms with van der Waals surface area (Å²) >= 11 is 0. The minimum atomic E-state index is -1.01. The van der Waals surface area contributed by atoms with Gasteiger partial charge in [-0.25, -0.2) is 4.79 Å². The molecule has 0 saturated carbocycles. The first-order chi connectivity index (χ1) is 8.59. The Kier molecular flexibility index (Phi) is 5.11. The van der Waals surface area contributed by atoms with Crippen LogP contribution in [0, 0.1) is 0 Å². The van der Waals surface area contributed by atoms with Crippen molar-refractivity contribution in [2.45, 2.75) is 6.92 Å². The molecule has 6 nitrogen and oxygen atoms in total. The van der Waals surface area contributed by atoms with Crippen molar-refractivity contribution in [2.24, 2.45) is 0 Å². The van der Waals surface area contributed by atoms with Gasteiger partial charge in [-0.1, -0.05) is 18.2 Å². The number of amides is 1. The van der Waals surface area contributed by atoms with E-state index in [0.717, 1.165) is 5.69 Å². The zero-order valence-corrected chi connectivity index (χ0v) is 9.75. The number of rotatable bonds is 2. The largest absolute Gasteiger partial charge is 0.476 e. The number of aromatic amines is 1. The van der Waals surface area contributed by atoms with Crippen molar-refractivity contribution in [1.82, 2.24) is 10.2 Å². The standard InChI is InChI=1S/C8H9NO.C4H4N2O2/c1-7(10)9-8-5-3-2-4-6-8;7-4(8)3-1-2-5-6-3/h2-6H,1H3,(H,9,10);1-2H,(H,5,6)(H,7,8). The SMILES string of the molecule is CC(=O)Nc1ccccc1.O=C(O)c1cc[nH]n1. The first-order valence-electron chi connectivity index (χ1n) is 5.15. The molecule has 1 aromatic carbocycles. The van der Waals surface area contributed by atoms with E-state index in [4.69, 9.17) is 5.11 Å². The summed E-state index contributed by atoms with van der Waals surface area (Å²) in [5.41, 5.74) is 0.889. The molecule has 0 radical (unpaired) electrons. The molecular formula is C12H13N3O3. The van der Waals surface area contributed by atoms with Gasteiger partial charge in [0.15, 0.2) is 5.69 Å². The Morgan fingerprint density at radius 2 is 1.89 bits per heavy atom. The lowest BCUT2D eigenvalue weighted by molar-refractivity contribution is -0.114. The molecule has 0 atom stereocenters. The Morgan fingerprint density at radius 1 is 1.22 bits per heavy atom. The molecule has 2 aromatic rings. The number of aromatic carboxylic acids is 1. The van der Waals surface area contributed by atoms with E-state index < -0.39 is 5.97 Å². The molecule has 0 spiro atoms. The number of benzene rings is 1. The van der Waals surface area contributed by atoms with Crippen molar-refractivity contribution in [1.29, 1.82) is 0 Å². The molecule has 1 aromatic heterocycles. The van der Waals surface area contributed by atoms with Crippen LogP contribution in [0.3, 0.4) is 0 Å². The molecule has 0 fully saturated rings. The summed E-state index contributed by atoms with van der Waals surface area (Å²) < 4.78 is 0. The number of para-hydroxylation sites is 1. The molecule has 0 bridgehead atoms. The lowest BCUT2D eigenvalue weighted by Gasteiger charge is -1.98. The van der Waals surface area contributed by atoms with Gasteiger partial charge < -0.3 is 10.4 Å². The van der Waals surface area contributed by atoms with Gasteiger partial charge in [0.05, 0.1) is 0 Å². The highest BCUT2D eigenvalue weighted by Crippen LogP contribution is 2.03. The summed E-state index contributed by atoms with van der Waals surface area (Å²) in [5.74, 6) is -1.04. The van der Waals surface area contributed by atoms with Gasteiger partial charge in [-0.3, -0.25) is 9.89 Å². The van der Waals surface area contributed by atoms with Crippen LogP contribution in [0.15, 0.2) is 42.6 Å². The zero-order chi connectivity index (χ0) is 13.4. The molecule has 0 unspecified atom stereocenters. The number of H-pyrrole nitrogens is 1. The van der Waals surface area contributed by atoms with Crippen LogP contribution in [0.25, 0.3) is 0 Å². The predicted molar refractivity (Wildman–Crippen MR) is 66.3 cm³/mol. The maximum atomic E-state index is 10.5. The van der Waals surface area contributed by atoms with E-state index in [1.54, 1.807) is 0 Å². The number of nitrogens with zero attached hydrogens (tertiary/aromatic N) is 1. The maximum absolute atomic E-state index is 10.5.